The zero-order chi connectivity index (χ0) is 14.7. The molecule has 0 spiro atoms. The molecule has 2 atom stereocenters. The fourth-order valence-corrected chi connectivity index (χ4v) is 3.23. The molecule has 1 aliphatic carbocycles. The van der Waals surface area contributed by atoms with Crippen LogP contribution in [0.5, 0.6) is 0 Å². The van der Waals surface area contributed by atoms with Crippen LogP contribution in [0.2, 0.25) is 0 Å². The lowest BCUT2D eigenvalue weighted by atomic mass is 9.85. The first-order chi connectivity index (χ1) is 10.3. The fraction of sp³-hybridized carbons (Fsp3) is 0.500. The summed E-state index contributed by atoms with van der Waals surface area (Å²) in [5.74, 6) is 0.939. The van der Waals surface area contributed by atoms with E-state index in [0.29, 0.717) is 11.7 Å². The lowest BCUT2D eigenvalue weighted by Crippen LogP contribution is -2.29. The predicted molar refractivity (Wildman–Crippen MR) is 82.5 cm³/mol. The van der Waals surface area contributed by atoms with E-state index in [0.717, 1.165) is 23.8 Å². The van der Waals surface area contributed by atoms with Crippen molar-refractivity contribution in [2.75, 3.05) is 6.61 Å². The van der Waals surface area contributed by atoms with Crippen molar-refractivity contribution in [1.82, 2.24) is 0 Å². The number of hydrogen-bond acceptors (Lipinski definition) is 3. The largest absolute Gasteiger partial charge is 0.453 e. The van der Waals surface area contributed by atoms with E-state index in [4.69, 9.17) is 9.15 Å². The fourth-order valence-electron chi connectivity index (χ4n) is 3.23. The van der Waals surface area contributed by atoms with Crippen LogP contribution in [-0.4, -0.2) is 18.5 Å². The van der Waals surface area contributed by atoms with E-state index in [1.54, 1.807) is 6.07 Å². The monoisotopic (exact) mass is 286 g/mol. The zero-order valence-corrected chi connectivity index (χ0v) is 12.5. The summed E-state index contributed by atoms with van der Waals surface area (Å²) in [4.78, 5) is 12.2. The van der Waals surface area contributed by atoms with Gasteiger partial charge in [0.1, 0.15) is 12.2 Å². The molecule has 0 aliphatic heterocycles. The molecule has 1 saturated carbocycles. The van der Waals surface area contributed by atoms with Gasteiger partial charge in [0.05, 0.1) is 6.10 Å². The van der Waals surface area contributed by atoms with Gasteiger partial charge < -0.3 is 9.15 Å². The van der Waals surface area contributed by atoms with Crippen LogP contribution in [0.15, 0.2) is 34.7 Å². The zero-order valence-electron chi connectivity index (χ0n) is 12.5. The van der Waals surface area contributed by atoms with Gasteiger partial charge in [-0.15, -0.1) is 0 Å². The van der Waals surface area contributed by atoms with Crippen molar-refractivity contribution in [1.29, 1.82) is 0 Å². The van der Waals surface area contributed by atoms with Crippen molar-refractivity contribution < 1.29 is 13.9 Å². The highest BCUT2D eigenvalue weighted by molar-refractivity contribution is 5.98. The molecular weight excluding hydrogens is 264 g/mol. The lowest BCUT2D eigenvalue weighted by Gasteiger charge is -2.30. The SMILES string of the molecule is CCC1CCCCC1OCC(=O)c1cc2ccccc2o1. The molecule has 21 heavy (non-hydrogen) atoms. The van der Waals surface area contributed by atoms with E-state index in [1.165, 1.54) is 19.3 Å². The molecule has 2 unspecified atom stereocenters. The highest BCUT2D eigenvalue weighted by atomic mass is 16.5. The molecule has 0 saturated heterocycles. The Hall–Kier alpha value is -1.61. The van der Waals surface area contributed by atoms with Gasteiger partial charge in [-0.25, -0.2) is 0 Å². The topological polar surface area (TPSA) is 39.4 Å². The van der Waals surface area contributed by atoms with Crippen molar-refractivity contribution in [3.05, 3.63) is 36.1 Å². The van der Waals surface area contributed by atoms with E-state index in [9.17, 15) is 4.79 Å². The number of ether oxygens (including phenoxy) is 1. The van der Waals surface area contributed by atoms with E-state index < -0.39 is 0 Å². The maximum absolute atomic E-state index is 12.2. The number of rotatable bonds is 5. The number of furan rings is 1. The summed E-state index contributed by atoms with van der Waals surface area (Å²) in [6, 6.07) is 9.48. The first-order valence-corrected chi connectivity index (χ1v) is 7.91. The van der Waals surface area contributed by atoms with Gasteiger partial charge in [0, 0.05) is 5.39 Å². The molecule has 112 valence electrons. The van der Waals surface area contributed by atoms with Crippen LogP contribution in [-0.2, 0) is 4.74 Å². The Labute approximate surface area is 125 Å². The Kier molecular flexibility index (Phi) is 4.39. The van der Waals surface area contributed by atoms with Gasteiger partial charge in [0.2, 0.25) is 5.78 Å². The van der Waals surface area contributed by atoms with Crippen LogP contribution in [0.4, 0.5) is 0 Å². The van der Waals surface area contributed by atoms with E-state index in [1.807, 2.05) is 24.3 Å². The van der Waals surface area contributed by atoms with E-state index in [-0.39, 0.29) is 18.5 Å². The molecule has 1 fully saturated rings. The Balaban J connectivity index is 1.63. The van der Waals surface area contributed by atoms with Gasteiger partial charge in [-0.3, -0.25) is 4.79 Å². The normalized spacial score (nSPS) is 22.5. The van der Waals surface area contributed by atoms with Gasteiger partial charge in [-0.2, -0.15) is 0 Å². The quantitative estimate of drug-likeness (QED) is 0.754. The summed E-state index contributed by atoms with van der Waals surface area (Å²) in [5, 5.41) is 0.963. The summed E-state index contributed by atoms with van der Waals surface area (Å²) < 4.78 is 11.5. The molecule has 3 heteroatoms. The molecular formula is C18H22O3. The van der Waals surface area contributed by atoms with E-state index in [2.05, 4.69) is 6.92 Å². The smallest absolute Gasteiger partial charge is 0.223 e. The number of hydrogen-bond donors (Lipinski definition) is 0. The number of carbonyl (C=O) groups excluding carboxylic acids is 1. The minimum absolute atomic E-state index is 0.0633. The average Bonchev–Trinajstić information content (AvgIpc) is 2.97. The molecule has 0 radical (unpaired) electrons. The number of Topliss-reactive ketones (excluding diaryl/α,β-unsaturated/α-hetero) is 1. The number of fused-ring (bicyclic) bond motifs is 1. The predicted octanol–water partition coefficient (Wildman–Crippen LogP) is 4.60. The maximum atomic E-state index is 12.2. The molecule has 3 rings (SSSR count). The van der Waals surface area contributed by atoms with Gasteiger partial charge in [0.15, 0.2) is 5.76 Å². The van der Waals surface area contributed by atoms with Crippen LogP contribution in [0.1, 0.15) is 49.6 Å². The van der Waals surface area contributed by atoms with Gasteiger partial charge >= 0.3 is 0 Å². The third-order valence-corrected chi connectivity index (χ3v) is 4.49. The van der Waals surface area contributed by atoms with Crippen LogP contribution < -0.4 is 0 Å². The average molecular weight is 286 g/mol. The summed E-state index contributed by atoms with van der Waals surface area (Å²) in [6.45, 7) is 2.33. The number of carbonyl (C=O) groups is 1. The second-order valence-electron chi connectivity index (χ2n) is 5.87. The Morgan fingerprint density at radius 3 is 2.90 bits per heavy atom. The second-order valence-corrected chi connectivity index (χ2v) is 5.87. The standard InChI is InChI=1S/C18H22O3/c1-2-13-7-3-5-9-16(13)20-12-15(19)18-11-14-8-4-6-10-17(14)21-18/h4,6,8,10-11,13,16H,2-3,5,7,9,12H2,1H3. The molecule has 1 heterocycles. The summed E-state index contributed by atoms with van der Waals surface area (Å²) in [7, 11) is 0. The number of benzene rings is 1. The Morgan fingerprint density at radius 1 is 1.29 bits per heavy atom. The van der Waals surface area contributed by atoms with Crippen molar-refractivity contribution in [2.45, 2.75) is 45.1 Å². The lowest BCUT2D eigenvalue weighted by molar-refractivity contribution is -0.00643. The number of ketones is 1. The maximum Gasteiger partial charge on any atom is 0.223 e. The first-order valence-electron chi connectivity index (χ1n) is 7.91. The van der Waals surface area contributed by atoms with Crippen LogP contribution in [0.3, 0.4) is 0 Å². The second kappa shape index (κ2) is 6.44. The molecule has 1 aliphatic rings. The Morgan fingerprint density at radius 2 is 2.10 bits per heavy atom. The van der Waals surface area contributed by atoms with E-state index >= 15 is 0 Å². The Bertz CT molecular complexity index is 581. The summed E-state index contributed by atoms with van der Waals surface area (Å²) in [6.07, 6.45) is 6.16. The van der Waals surface area contributed by atoms with Crippen LogP contribution in [0, 0.1) is 5.92 Å². The molecule has 1 aromatic carbocycles. The molecule has 1 aromatic heterocycles. The molecule has 0 bridgehead atoms. The van der Waals surface area contributed by atoms with Gasteiger partial charge in [-0.05, 0) is 30.9 Å². The third kappa shape index (κ3) is 3.18. The van der Waals surface area contributed by atoms with Gasteiger partial charge in [0.25, 0.3) is 0 Å². The first kappa shape index (κ1) is 14.3. The highest BCUT2D eigenvalue weighted by Crippen LogP contribution is 2.29. The van der Waals surface area contributed by atoms with Crippen LogP contribution >= 0.6 is 0 Å². The summed E-state index contributed by atoms with van der Waals surface area (Å²) >= 11 is 0. The number of para-hydroxylation sites is 1. The molecule has 2 aromatic rings. The molecule has 0 amide bonds. The van der Waals surface area contributed by atoms with Crippen molar-refractivity contribution >= 4 is 16.8 Å². The van der Waals surface area contributed by atoms with Gasteiger partial charge in [-0.1, -0.05) is 44.4 Å². The third-order valence-electron chi connectivity index (χ3n) is 4.49. The minimum atomic E-state index is -0.0633. The van der Waals surface area contributed by atoms with Crippen molar-refractivity contribution in [3.8, 4) is 0 Å². The highest BCUT2D eigenvalue weighted by Gasteiger charge is 2.25. The van der Waals surface area contributed by atoms with Crippen LogP contribution in [0.25, 0.3) is 11.0 Å². The molecule has 0 N–H and O–H groups in total. The molecule has 3 nitrogen and oxygen atoms in total. The summed E-state index contributed by atoms with van der Waals surface area (Å²) in [5.41, 5.74) is 0.755. The minimum Gasteiger partial charge on any atom is -0.453 e. The van der Waals surface area contributed by atoms with Crippen molar-refractivity contribution in [2.24, 2.45) is 5.92 Å². The van der Waals surface area contributed by atoms with Crippen molar-refractivity contribution in [3.63, 3.8) is 0 Å².